The third kappa shape index (κ3) is 3.44. The molecule has 1 aromatic heterocycles. The quantitative estimate of drug-likeness (QED) is 0.715. The zero-order chi connectivity index (χ0) is 11.9. The van der Waals surface area contributed by atoms with Crippen LogP contribution in [0.1, 0.15) is 6.42 Å². The third-order valence-corrected chi connectivity index (χ3v) is 2.27. The van der Waals surface area contributed by atoms with Gasteiger partial charge in [-0.1, -0.05) is 12.1 Å². The second-order valence-electron chi connectivity index (χ2n) is 3.60. The fourth-order valence-corrected chi connectivity index (χ4v) is 1.48. The van der Waals surface area contributed by atoms with Gasteiger partial charge >= 0.3 is 0 Å². The molecule has 0 radical (unpaired) electrons. The molecule has 1 aromatic carbocycles. The second kappa shape index (κ2) is 6.22. The Morgan fingerprint density at radius 2 is 2.18 bits per heavy atom. The standard InChI is InChI=1S/C12H16N2O3/c15-7-9-16-8-3-6-13-12-14-10-4-1-2-5-11(10)17-12/h1-2,4-5,15H,3,6-9H2,(H,13,14). The van der Waals surface area contributed by atoms with Gasteiger partial charge in [0, 0.05) is 13.2 Å². The first-order chi connectivity index (χ1) is 8.40. The lowest BCUT2D eigenvalue weighted by Crippen LogP contribution is -2.07. The molecule has 5 nitrogen and oxygen atoms in total. The zero-order valence-corrected chi connectivity index (χ0v) is 9.56. The summed E-state index contributed by atoms with van der Waals surface area (Å²) in [5.74, 6) is 0. The number of para-hydroxylation sites is 2. The molecule has 2 aromatic rings. The van der Waals surface area contributed by atoms with Crippen molar-refractivity contribution in [2.75, 3.05) is 31.7 Å². The summed E-state index contributed by atoms with van der Waals surface area (Å²) in [5, 5.41) is 11.6. The normalized spacial score (nSPS) is 10.9. The predicted molar refractivity (Wildman–Crippen MR) is 65.0 cm³/mol. The van der Waals surface area contributed by atoms with E-state index in [1.54, 1.807) is 0 Å². The van der Waals surface area contributed by atoms with Gasteiger partial charge in [0.15, 0.2) is 5.58 Å². The lowest BCUT2D eigenvalue weighted by atomic mass is 10.3. The molecule has 0 saturated carbocycles. The van der Waals surface area contributed by atoms with Gasteiger partial charge in [-0.2, -0.15) is 4.98 Å². The maximum Gasteiger partial charge on any atom is 0.295 e. The predicted octanol–water partition coefficient (Wildman–Crippen LogP) is 1.64. The third-order valence-electron chi connectivity index (χ3n) is 2.27. The number of aliphatic hydroxyl groups excluding tert-OH is 1. The highest BCUT2D eigenvalue weighted by Crippen LogP contribution is 2.17. The van der Waals surface area contributed by atoms with Crippen LogP contribution < -0.4 is 5.32 Å². The Kier molecular flexibility index (Phi) is 4.35. The molecule has 0 saturated heterocycles. The number of aromatic nitrogens is 1. The summed E-state index contributed by atoms with van der Waals surface area (Å²) in [7, 11) is 0. The smallest absolute Gasteiger partial charge is 0.295 e. The maximum absolute atomic E-state index is 8.52. The Morgan fingerprint density at radius 1 is 1.29 bits per heavy atom. The van der Waals surface area contributed by atoms with Crippen molar-refractivity contribution in [3.8, 4) is 0 Å². The number of anilines is 1. The van der Waals surface area contributed by atoms with Crippen molar-refractivity contribution < 1.29 is 14.3 Å². The number of ether oxygens (including phenoxy) is 1. The minimum Gasteiger partial charge on any atom is -0.424 e. The molecule has 0 fully saturated rings. The molecule has 5 heteroatoms. The summed E-state index contributed by atoms with van der Waals surface area (Å²) < 4.78 is 10.6. The minimum absolute atomic E-state index is 0.0680. The van der Waals surface area contributed by atoms with E-state index in [9.17, 15) is 0 Å². The largest absolute Gasteiger partial charge is 0.424 e. The number of rotatable bonds is 7. The fraction of sp³-hybridized carbons (Fsp3) is 0.417. The highest BCUT2D eigenvalue weighted by Gasteiger charge is 2.02. The number of nitrogens with zero attached hydrogens (tertiary/aromatic N) is 1. The van der Waals surface area contributed by atoms with Gasteiger partial charge in [0.1, 0.15) is 5.52 Å². The summed E-state index contributed by atoms with van der Waals surface area (Å²) in [6.07, 6.45) is 0.846. The Hall–Kier alpha value is -1.59. The van der Waals surface area contributed by atoms with E-state index in [1.165, 1.54) is 0 Å². The van der Waals surface area contributed by atoms with Gasteiger partial charge in [0.05, 0.1) is 13.2 Å². The van der Waals surface area contributed by atoms with Crippen molar-refractivity contribution >= 4 is 17.1 Å². The lowest BCUT2D eigenvalue weighted by molar-refractivity contribution is 0.0921. The van der Waals surface area contributed by atoms with Crippen LogP contribution in [0.4, 0.5) is 6.01 Å². The Balaban J connectivity index is 1.75. The molecule has 2 N–H and O–H groups in total. The first-order valence-corrected chi connectivity index (χ1v) is 5.68. The van der Waals surface area contributed by atoms with Gasteiger partial charge in [-0.15, -0.1) is 0 Å². The summed E-state index contributed by atoms with van der Waals surface area (Å²) >= 11 is 0. The highest BCUT2D eigenvalue weighted by atomic mass is 16.5. The average molecular weight is 236 g/mol. The van der Waals surface area contributed by atoms with E-state index in [0.29, 0.717) is 19.2 Å². The molecule has 92 valence electrons. The van der Waals surface area contributed by atoms with Gasteiger partial charge in [0.25, 0.3) is 6.01 Å². The Morgan fingerprint density at radius 3 is 3.00 bits per heavy atom. The molecule has 0 unspecified atom stereocenters. The van der Waals surface area contributed by atoms with Crippen molar-refractivity contribution in [1.29, 1.82) is 0 Å². The number of aliphatic hydroxyl groups is 1. The molecule has 0 aliphatic carbocycles. The van der Waals surface area contributed by atoms with Crippen LogP contribution in [0.25, 0.3) is 11.1 Å². The summed E-state index contributed by atoms with van der Waals surface area (Å²) in [6.45, 7) is 1.81. The number of benzene rings is 1. The number of fused-ring (bicyclic) bond motifs is 1. The molecular formula is C12H16N2O3. The molecule has 2 rings (SSSR count). The fourth-order valence-electron chi connectivity index (χ4n) is 1.48. The van der Waals surface area contributed by atoms with E-state index >= 15 is 0 Å². The monoisotopic (exact) mass is 236 g/mol. The molecule has 0 aliphatic heterocycles. The first kappa shape index (κ1) is 11.9. The molecule has 0 amide bonds. The van der Waals surface area contributed by atoms with E-state index < -0.39 is 0 Å². The highest BCUT2D eigenvalue weighted by molar-refractivity contribution is 5.74. The number of hydrogen-bond acceptors (Lipinski definition) is 5. The molecule has 0 aliphatic rings. The van der Waals surface area contributed by atoms with Crippen LogP contribution in [-0.4, -0.2) is 36.5 Å². The SMILES string of the molecule is OCCOCCCNc1nc2ccccc2o1. The molecular weight excluding hydrogens is 220 g/mol. The Labute approximate surface area is 99.4 Å². The van der Waals surface area contributed by atoms with Crippen molar-refractivity contribution in [3.05, 3.63) is 24.3 Å². The van der Waals surface area contributed by atoms with Crippen molar-refractivity contribution in [1.82, 2.24) is 4.98 Å². The summed E-state index contributed by atoms with van der Waals surface area (Å²) in [6, 6.07) is 8.18. The topological polar surface area (TPSA) is 67.5 Å². The maximum atomic E-state index is 8.52. The number of hydrogen-bond donors (Lipinski definition) is 2. The van der Waals surface area contributed by atoms with Crippen molar-refractivity contribution in [2.45, 2.75) is 6.42 Å². The van der Waals surface area contributed by atoms with E-state index in [2.05, 4.69) is 10.3 Å². The molecule has 0 spiro atoms. The van der Waals surface area contributed by atoms with Crippen molar-refractivity contribution in [2.24, 2.45) is 0 Å². The van der Waals surface area contributed by atoms with Crippen LogP contribution in [-0.2, 0) is 4.74 Å². The average Bonchev–Trinajstić information content (AvgIpc) is 2.76. The molecule has 0 bridgehead atoms. The van der Waals surface area contributed by atoms with Crippen LogP contribution in [0.5, 0.6) is 0 Å². The molecule has 0 atom stereocenters. The van der Waals surface area contributed by atoms with Crippen molar-refractivity contribution in [3.63, 3.8) is 0 Å². The number of oxazole rings is 1. The van der Waals surface area contributed by atoms with Crippen LogP contribution in [0.2, 0.25) is 0 Å². The van der Waals surface area contributed by atoms with Crippen LogP contribution >= 0.6 is 0 Å². The van der Waals surface area contributed by atoms with E-state index in [-0.39, 0.29) is 6.61 Å². The zero-order valence-electron chi connectivity index (χ0n) is 9.56. The van der Waals surface area contributed by atoms with Gasteiger partial charge in [-0.05, 0) is 18.6 Å². The van der Waals surface area contributed by atoms with E-state index in [0.717, 1.165) is 24.1 Å². The van der Waals surface area contributed by atoms with Gasteiger partial charge in [0.2, 0.25) is 0 Å². The van der Waals surface area contributed by atoms with E-state index in [1.807, 2.05) is 24.3 Å². The van der Waals surface area contributed by atoms with Crippen LogP contribution in [0, 0.1) is 0 Å². The lowest BCUT2D eigenvalue weighted by Gasteiger charge is -2.02. The van der Waals surface area contributed by atoms with Gasteiger partial charge < -0.3 is 19.6 Å². The first-order valence-electron chi connectivity index (χ1n) is 5.68. The number of nitrogens with one attached hydrogen (secondary N) is 1. The second-order valence-corrected chi connectivity index (χ2v) is 3.60. The van der Waals surface area contributed by atoms with Gasteiger partial charge in [-0.3, -0.25) is 0 Å². The van der Waals surface area contributed by atoms with E-state index in [4.69, 9.17) is 14.3 Å². The molecule has 17 heavy (non-hydrogen) atoms. The van der Waals surface area contributed by atoms with Gasteiger partial charge in [-0.25, -0.2) is 0 Å². The van der Waals surface area contributed by atoms with Crippen LogP contribution in [0.15, 0.2) is 28.7 Å². The summed E-state index contributed by atoms with van der Waals surface area (Å²) in [4.78, 5) is 4.29. The minimum atomic E-state index is 0.0680. The van der Waals surface area contributed by atoms with Crippen LogP contribution in [0.3, 0.4) is 0 Å². The molecule has 1 heterocycles. The Bertz CT molecular complexity index is 423. The summed E-state index contributed by atoms with van der Waals surface area (Å²) in [5.41, 5.74) is 1.64.